The molecule has 1 unspecified atom stereocenters. The lowest BCUT2D eigenvalue weighted by atomic mass is 10.3. The van der Waals surface area contributed by atoms with Gasteiger partial charge in [0, 0.05) is 6.54 Å². The molecule has 6 heteroatoms. The number of rotatable bonds is 4. The van der Waals surface area contributed by atoms with Crippen LogP contribution in [0.15, 0.2) is 22.6 Å². The number of nitrogen functional groups attached to an aromatic ring is 1. The molecule has 96 valence electrons. The molecule has 18 heavy (non-hydrogen) atoms. The summed E-state index contributed by atoms with van der Waals surface area (Å²) in [7, 11) is 0. The van der Waals surface area contributed by atoms with Crippen LogP contribution in [0.25, 0.3) is 11.1 Å². The number of hydrogen-bond donors (Lipinski definition) is 3. The summed E-state index contributed by atoms with van der Waals surface area (Å²) in [5, 5.41) is 5.61. The smallest absolute Gasteiger partial charge is 0.296 e. The van der Waals surface area contributed by atoms with Gasteiger partial charge >= 0.3 is 0 Å². The number of aromatic nitrogens is 1. The first-order valence-corrected chi connectivity index (χ1v) is 5.81. The largest absolute Gasteiger partial charge is 0.423 e. The summed E-state index contributed by atoms with van der Waals surface area (Å²) in [5.74, 6) is -0.104. The van der Waals surface area contributed by atoms with Crippen molar-refractivity contribution in [3.05, 3.63) is 18.2 Å². The maximum atomic E-state index is 11.6. The van der Waals surface area contributed by atoms with Crippen molar-refractivity contribution in [2.45, 2.75) is 19.9 Å². The van der Waals surface area contributed by atoms with E-state index >= 15 is 0 Å². The second kappa shape index (κ2) is 4.95. The topological polar surface area (TPSA) is 93.2 Å². The van der Waals surface area contributed by atoms with Gasteiger partial charge in [-0.3, -0.25) is 4.79 Å². The van der Waals surface area contributed by atoms with Gasteiger partial charge in [0.1, 0.15) is 11.6 Å². The molecule has 2 aromatic rings. The van der Waals surface area contributed by atoms with Gasteiger partial charge in [0.15, 0.2) is 5.58 Å². The van der Waals surface area contributed by atoms with E-state index in [9.17, 15) is 4.79 Å². The van der Waals surface area contributed by atoms with Crippen LogP contribution >= 0.6 is 0 Å². The molecule has 0 radical (unpaired) electrons. The highest BCUT2D eigenvalue weighted by atomic mass is 16.4. The molecule has 0 aliphatic heterocycles. The summed E-state index contributed by atoms with van der Waals surface area (Å²) in [5.41, 5.74) is 7.53. The fraction of sp³-hybridized carbons (Fsp3) is 0.333. The Morgan fingerprint density at radius 2 is 2.33 bits per heavy atom. The molecule has 1 amide bonds. The molecule has 0 aliphatic carbocycles. The van der Waals surface area contributed by atoms with Crippen molar-refractivity contribution in [3.63, 3.8) is 0 Å². The molecule has 1 aromatic heterocycles. The van der Waals surface area contributed by atoms with Gasteiger partial charge in [-0.15, -0.1) is 0 Å². The number of amides is 1. The van der Waals surface area contributed by atoms with Crippen LogP contribution in [0.5, 0.6) is 0 Å². The van der Waals surface area contributed by atoms with E-state index in [4.69, 9.17) is 10.2 Å². The summed E-state index contributed by atoms with van der Waals surface area (Å²) < 4.78 is 5.47. The van der Waals surface area contributed by atoms with E-state index in [1.165, 1.54) is 0 Å². The van der Waals surface area contributed by atoms with E-state index in [2.05, 4.69) is 15.6 Å². The molecule has 0 saturated heterocycles. The van der Waals surface area contributed by atoms with Crippen LogP contribution in [0.4, 0.5) is 11.7 Å². The number of oxazole rings is 1. The quantitative estimate of drug-likeness (QED) is 0.710. The number of nitrogens with two attached hydrogens (primary N) is 1. The second-order valence-corrected chi connectivity index (χ2v) is 3.97. The molecule has 6 nitrogen and oxygen atoms in total. The second-order valence-electron chi connectivity index (χ2n) is 3.97. The number of benzene rings is 1. The number of carbonyl (C=O) groups is 1. The van der Waals surface area contributed by atoms with Crippen molar-refractivity contribution in [2.75, 3.05) is 17.6 Å². The lowest BCUT2D eigenvalue weighted by molar-refractivity contribution is -0.121. The van der Waals surface area contributed by atoms with Gasteiger partial charge in [-0.05, 0) is 26.0 Å². The monoisotopic (exact) mass is 248 g/mol. The normalized spacial score (nSPS) is 12.3. The van der Waals surface area contributed by atoms with Gasteiger partial charge < -0.3 is 20.8 Å². The highest BCUT2D eigenvalue weighted by molar-refractivity contribution is 5.87. The maximum Gasteiger partial charge on any atom is 0.296 e. The van der Waals surface area contributed by atoms with Crippen molar-refractivity contribution in [2.24, 2.45) is 0 Å². The predicted octanol–water partition coefficient (Wildman–Crippen LogP) is 1.35. The standard InChI is InChI=1S/C12H16N4O2/c1-3-14-11(17)7(2)15-12-16-10-8(13)5-4-6-9(10)18-12/h4-7H,3,13H2,1-2H3,(H,14,17)(H,15,16). The Morgan fingerprint density at radius 3 is 3.00 bits per heavy atom. The molecule has 1 heterocycles. The number of fused-ring (bicyclic) bond motifs is 1. The first-order chi connectivity index (χ1) is 8.61. The first kappa shape index (κ1) is 12.2. The van der Waals surface area contributed by atoms with Gasteiger partial charge in [-0.2, -0.15) is 4.98 Å². The minimum absolute atomic E-state index is 0.104. The van der Waals surface area contributed by atoms with E-state index in [-0.39, 0.29) is 5.91 Å². The Morgan fingerprint density at radius 1 is 1.56 bits per heavy atom. The zero-order valence-electron chi connectivity index (χ0n) is 10.4. The summed E-state index contributed by atoms with van der Waals surface area (Å²) >= 11 is 0. The lowest BCUT2D eigenvalue weighted by Gasteiger charge is -2.10. The zero-order valence-corrected chi connectivity index (χ0v) is 10.4. The Kier molecular flexibility index (Phi) is 3.36. The average molecular weight is 248 g/mol. The third-order valence-corrected chi connectivity index (χ3v) is 2.53. The Bertz CT molecular complexity index is 564. The molecule has 1 atom stereocenters. The van der Waals surface area contributed by atoms with Gasteiger partial charge in [0.25, 0.3) is 6.01 Å². The first-order valence-electron chi connectivity index (χ1n) is 5.81. The van der Waals surface area contributed by atoms with E-state index in [1.807, 2.05) is 6.92 Å². The number of nitrogens with zero attached hydrogens (tertiary/aromatic N) is 1. The number of carbonyl (C=O) groups excluding carboxylic acids is 1. The Hall–Kier alpha value is -2.24. The number of hydrogen-bond acceptors (Lipinski definition) is 5. The zero-order chi connectivity index (χ0) is 13.1. The van der Waals surface area contributed by atoms with E-state index in [0.29, 0.717) is 29.3 Å². The van der Waals surface area contributed by atoms with Gasteiger partial charge in [-0.25, -0.2) is 0 Å². The number of likely N-dealkylation sites (N-methyl/N-ethyl adjacent to an activating group) is 1. The van der Waals surface area contributed by atoms with E-state index < -0.39 is 6.04 Å². The minimum Gasteiger partial charge on any atom is -0.423 e. The van der Waals surface area contributed by atoms with E-state index in [0.717, 1.165) is 0 Å². The predicted molar refractivity (Wildman–Crippen MR) is 70.2 cm³/mol. The molecule has 0 bridgehead atoms. The van der Waals surface area contributed by atoms with Crippen LogP contribution in [-0.4, -0.2) is 23.5 Å². The number of para-hydroxylation sites is 1. The fourth-order valence-corrected chi connectivity index (χ4v) is 1.61. The molecule has 0 spiro atoms. The van der Waals surface area contributed by atoms with Crippen LogP contribution in [-0.2, 0) is 4.79 Å². The van der Waals surface area contributed by atoms with Crippen molar-refractivity contribution in [1.29, 1.82) is 0 Å². The third-order valence-electron chi connectivity index (χ3n) is 2.53. The lowest BCUT2D eigenvalue weighted by Crippen LogP contribution is -2.37. The van der Waals surface area contributed by atoms with Crippen LogP contribution in [0.2, 0.25) is 0 Å². The highest BCUT2D eigenvalue weighted by Gasteiger charge is 2.15. The maximum absolute atomic E-state index is 11.6. The highest BCUT2D eigenvalue weighted by Crippen LogP contribution is 2.23. The molecule has 1 aromatic carbocycles. The molecule has 0 aliphatic rings. The van der Waals surface area contributed by atoms with E-state index in [1.54, 1.807) is 25.1 Å². The number of nitrogens with one attached hydrogen (secondary N) is 2. The third kappa shape index (κ3) is 2.37. The van der Waals surface area contributed by atoms with Crippen LogP contribution in [0, 0.1) is 0 Å². The van der Waals surface area contributed by atoms with Crippen molar-refractivity contribution >= 4 is 28.7 Å². The van der Waals surface area contributed by atoms with Gasteiger partial charge in [-0.1, -0.05) is 6.07 Å². The average Bonchev–Trinajstić information content (AvgIpc) is 2.73. The van der Waals surface area contributed by atoms with Crippen molar-refractivity contribution < 1.29 is 9.21 Å². The van der Waals surface area contributed by atoms with Crippen molar-refractivity contribution in [1.82, 2.24) is 10.3 Å². The SMILES string of the molecule is CCNC(=O)C(C)Nc1nc2c(N)cccc2o1. The van der Waals surface area contributed by atoms with Crippen molar-refractivity contribution in [3.8, 4) is 0 Å². The van der Waals surface area contributed by atoms with Crippen LogP contribution in [0.1, 0.15) is 13.8 Å². The molecule has 0 fully saturated rings. The summed E-state index contributed by atoms with van der Waals surface area (Å²) in [4.78, 5) is 15.8. The summed E-state index contributed by atoms with van der Waals surface area (Å²) in [6.07, 6.45) is 0. The van der Waals surface area contributed by atoms with Gasteiger partial charge in [0.2, 0.25) is 5.91 Å². The minimum atomic E-state index is -0.417. The summed E-state index contributed by atoms with van der Waals surface area (Å²) in [6, 6.07) is 5.20. The Labute approximate surface area is 105 Å². The summed E-state index contributed by atoms with van der Waals surface area (Å²) in [6.45, 7) is 4.19. The Balaban J connectivity index is 2.17. The van der Waals surface area contributed by atoms with Gasteiger partial charge in [0.05, 0.1) is 5.69 Å². The number of anilines is 2. The van der Waals surface area contributed by atoms with Crippen LogP contribution in [0.3, 0.4) is 0 Å². The molecular formula is C12H16N4O2. The van der Waals surface area contributed by atoms with Crippen LogP contribution < -0.4 is 16.4 Å². The molecule has 4 N–H and O–H groups in total. The fourth-order valence-electron chi connectivity index (χ4n) is 1.61. The molecular weight excluding hydrogens is 232 g/mol. The molecule has 2 rings (SSSR count). The molecule has 0 saturated carbocycles.